The predicted molar refractivity (Wildman–Crippen MR) is 141 cm³/mol. The third-order valence-electron chi connectivity index (χ3n) is 6.49. The van der Waals surface area contributed by atoms with Crippen molar-refractivity contribution in [3.05, 3.63) is 67.0 Å². The van der Waals surface area contributed by atoms with Gasteiger partial charge in [-0.15, -0.1) is 14.8 Å². The number of ether oxygens (including phenoxy) is 1. The number of hydrogen-bond acceptors (Lipinski definition) is 8. The van der Waals surface area contributed by atoms with Gasteiger partial charge in [-0.05, 0) is 48.7 Å². The highest BCUT2D eigenvalue weighted by molar-refractivity contribution is 6.01. The van der Waals surface area contributed by atoms with E-state index in [0.29, 0.717) is 45.9 Å². The molecule has 0 radical (unpaired) electrons. The number of methoxy groups -OCH3 is 1. The first-order valence-electron chi connectivity index (χ1n) is 11.8. The molecule has 1 saturated carbocycles. The topological polar surface area (TPSA) is 160 Å². The van der Waals surface area contributed by atoms with Crippen molar-refractivity contribution in [2.75, 3.05) is 24.7 Å². The van der Waals surface area contributed by atoms with Crippen molar-refractivity contribution in [1.29, 1.82) is 5.26 Å². The summed E-state index contributed by atoms with van der Waals surface area (Å²) in [5.41, 5.74) is 9.87. The fourth-order valence-electron chi connectivity index (χ4n) is 4.16. The van der Waals surface area contributed by atoms with E-state index in [4.69, 9.17) is 10.5 Å². The van der Waals surface area contributed by atoms with Crippen LogP contribution in [-0.4, -0.2) is 45.3 Å². The normalized spacial score (nSPS) is 13.4. The van der Waals surface area contributed by atoms with E-state index in [1.165, 1.54) is 24.1 Å². The quantitative estimate of drug-likeness (QED) is 0.306. The number of nitrogens with two attached hydrogens (primary N) is 1. The zero-order chi connectivity index (χ0) is 26.9. The summed E-state index contributed by atoms with van der Waals surface area (Å²) in [7, 11) is 1.48. The SMILES string of the molecule is C=CC(=O)Nc1ccc(-c2nn3ncnc(N)c3c2-c2ccc(C(=O)NCC3(C#N)CC3)c(OC)c2)cc1. The molecule has 11 heteroatoms. The van der Waals surface area contributed by atoms with Crippen LogP contribution in [0, 0.1) is 16.7 Å². The van der Waals surface area contributed by atoms with E-state index in [2.05, 4.69) is 38.5 Å². The van der Waals surface area contributed by atoms with Crippen LogP contribution in [0.25, 0.3) is 27.9 Å². The lowest BCUT2D eigenvalue weighted by Crippen LogP contribution is -2.29. The Bertz CT molecular complexity index is 1610. The van der Waals surface area contributed by atoms with E-state index in [1.807, 2.05) is 12.1 Å². The van der Waals surface area contributed by atoms with Gasteiger partial charge in [0.25, 0.3) is 5.91 Å². The summed E-state index contributed by atoms with van der Waals surface area (Å²) < 4.78 is 6.97. The van der Waals surface area contributed by atoms with Crippen molar-refractivity contribution in [3.8, 4) is 34.2 Å². The molecule has 2 aromatic carbocycles. The number of nitrogens with zero attached hydrogens (tertiary/aromatic N) is 5. The number of benzene rings is 2. The van der Waals surface area contributed by atoms with Crippen LogP contribution in [0.5, 0.6) is 5.75 Å². The number of hydrogen-bond donors (Lipinski definition) is 3. The summed E-state index contributed by atoms with van der Waals surface area (Å²) in [5.74, 6) is -0.0546. The molecule has 0 unspecified atom stereocenters. The highest BCUT2D eigenvalue weighted by atomic mass is 16.5. The second-order valence-electron chi connectivity index (χ2n) is 8.97. The van der Waals surface area contributed by atoms with Crippen molar-refractivity contribution in [2.45, 2.75) is 12.8 Å². The largest absolute Gasteiger partial charge is 0.496 e. The van der Waals surface area contributed by atoms with Gasteiger partial charge in [-0.2, -0.15) is 5.26 Å². The van der Waals surface area contributed by atoms with Gasteiger partial charge in [-0.3, -0.25) is 9.59 Å². The standard InChI is InChI=1S/C27H24N8O3/c1-3-21(36)33-18-7-4-16(5-8-18)23-22(24-25(29)31-15-32-35(24)34-23)17-6-9-19(20(12-17)38-2)26(37)30-14-27(13-28)10-11-27/h3-9,12,15H,1,10-11,14H2,2H3,(H,30,37)(H,33,36)(H2,29,31,32). The van der Waals surface area contributed by atoms with E-state index in [1.54, 1.807) is 30.3 Å². The lowest BCUT2D eigenvalue weighted by molar-refractivity contribution is -0.111. The molecule has 5 rings (SSSR count). The number of rotatable bonds is 8. The highest BCUT2D eigenvalue weighted by Gasteiger charge is 2.43. The third-order valence-corrected chi connectivity index (χ3v) is 6.49. The summed E-state index contributed by atoms with van der Waals surface area (Å²) in [6.45, 7) is 3.75. The van der Waals surface area contributed by atoms with Crippen LogP contribution in [0.4, 0.5) is 11.5 Å². The van der Waals surface area contributed by atoms with E-state index >= 15 is 0 Å². The highest BCUT2D eigenvalue weighted by Crippen LogP contribution is 2.44. The Morgan fingerprint density at radius 3 is 2.63 bits per heavy atom. The van der Waals surface area contributed by atoms with Crippen molar-refractivity contribution in [3.63, 3.8) is 0 Å². The fourth-order valence-corrected chi connectivity index (χ4v) is 4.16. The molecule has 1 aliphatic carbocycles. The summed E-state index contributed by atoms with van der Waals surface area (Å²) in [6.07, 6.45) is 4.07. The van der Waals surface area contributed by atoms with Crippen molar-refractivity contribution >= 4 is 28.8 Å². The first-order valence-corrected chi connectivity index (χ1v) is 11.8. The minimum atomic E-state index is -0.462. The third kappa shape index (κ3) is 4.51. The van der Waals surface area contributed by atoms with Crippen LogP contribution in [0.15, 0.2) is 61.4 Å². The molecule has 0 atom stereocenters. The number of aromatic nitrogens is 4. The molecule has 38 heavy (non-hydrogen) atoms. The number of carbonyl (C=O) groups excluding carboxylic acids is 2. The number of anilines is 2. The molecular formula is C27H24N8O3. The smallest absolute Gasteiger partial charge is 0.255 e. The average molecular weight is 509 g/mol. The summed E-state index contributed by atoms with van der Waals surface area (Å²) in [5, 5.41) is 23.7. The molecule has 0 saturated heterocycles. The van der Waals surface area contributed by atoms with E-state index < -0.39 is 5.41 Å². The number of nitrogens with one attached hydrogen (secondary N) is 2. The fraction of sp³-hybridized carbons (Fsp3) is 0.185. The molecule has 11 nitrogen and oxygen atoms in total. The van der Waals surface area contributed by atoms with E-state index in [0.717, 1.165) is 18.4 Å². The molecule has 2 amide bonds. The van der Waals surface area contributed by atoms with Crippen molar-refractivity contribution in [2.24, 2.45) is 5.41 Å². The Hall–Kier alpha value is -5.24. The molecule has 4 aromatic rings. The van der Waals surface area contributed by atoms with Crippen molar-refractivity contribution < 1.29 is 14.3 Å². The second-order valence-corrected chi connectivity index (χ2v) is 8.97. The van der Waals surface area contributed by atoms with Gasteiger partial charge in [-0.25, -0.2) is 4.98 Å². The molecule has 1 fully saturated rings. The number of nitriles is 1. The lowest BCUT2D eigenvalue weighted by atomic mass is 9.98. The maximum absolute atomic E-state index is 12.9. The lowest BCUT2D eigenvalue weighted by Gasteiger charge is -2.13. The molecule has 0 spiro atoms. The first-order chi connectivity index (χ1) is 18.4. The van der Waals surface area contributed by atoms with Gasteiger partial charge in [0.15, 0.2) is 5.82 Å². The van der Waals surface area contributed by atoms with Gasteiger partial charge in [0.2, 0.25) is 5.91 Å². The zero-order valence-electron chi connectivity index (χ0n) is 20.6. The monoisotopic (exact) mass is 508 g/mol. The second kappa shape index (κ2) is 9.67. The van der Waals surface area contributed by atoms with E-state index in [-0.39, 0.29) is 17.6 Å². The van der Waals surface area contributed by atoms with Gasteiger partial charge in [0, 0.05) is 23.4 Å². The summed E-state index contributed by atoms with van der Waals surface area (Å²) in [6, 6.07) is 14.6. The van der Waals surface area contributed by atoms with Gasteiger partial charge in [-0.1, -0.05) is 24.8 Å². The minimum absolute atomic E-state index is 0.232. The van der Waals surface area contributed by atoms with Crippen molar-refractivity contribution in [1.82, 2.24) is 25.1 Å². The number of nitrogen functional groups attached to an aromatic ring is 1. The van der Waals surface area contributed by atoms with Gasteiger partial charge >= 0.3 is 0 Å². The van der Waals surface area contributed by atoms with Crippen LogP contribution >= 0.6 is 0 Å². The van der Waals surface area contributed by atoms with Crippen LogP contribution in [0.1, 0.15) is 23.2 Å². The Labute approximate surface area is 217 Å². The number of fused-ring (bicyclic) bond motifs is 1. The molecule has 0 bridgehead atoms. The van der Waals surface area contributed by atoms with Gasteiger partial charge < -0.3 is 21.1 Å². The average Bonchev–Trinajstić information content (AvgIpc) is 3.62. The van der Waals surface area contributed by atoms with Gasteiger partial charge in [0.05, 0.1) is 24.2 Å². The molecule has 0 aliphatic heterocycles. The van der Waals surface area contributed by atoms with Crippen LogP contribution in [-0.2, 0) is 4.79 Å². The Morgan fingerprint density at radius 2 is 1.97 bits per heavy atom. The summed E-state index contributed by atoms with van der Waals surface area (Å²) >= 11 is 0. The first kappa shape index (κ1) is 24.5. The number of carbonyl (C=O) groups is 2. The predicted octanol–water partition coefficient (Wildman–Crippen LogP) is 3.21. The molecule has 2 aromatic heterocycles. The minimum Gasteiger partial charge on any atom is -0.496 e. The van der Waals surface area contributed by atoms with Crippen LogP contribution in [0.2, 0.25) is 0 Å². The molecule has 2 heterocycles. The Balaban J connectivity index is 1.55. The summed E-state index contributed by atoms with van der Waals surface area (Å²) in [4.78, 5) is 28.7. The number of amides is 2. The maximum atomic E-state index is 12.9. The zero-order valence-corrected chi connectivity index (χ0v) is 20.6. The van der Waals surface area contributed by atoms with Crippen LogP contribution < -0.4 is 21.1 Å². The van der Waals surface area contributed by atoms with Gasteiger partial charge in [0.1, 0.15) is 23.3 Å². The molecule has 4 N–H and O–H groups in total. The Kier molecular flexibility index (Phi) is 6.22. The molecule has 190 valence electrons. The van der Waals surface area contributed by atoms with Crippen LogP contribution in [0.3, 0.4) is 0 Å². The molecule has 1 aliphatic rings. The Morgan fingerprint density at radius 1 is 1.24 bits per heavy atom. The van der Waals surface area contributed by atoms with E-state index in [9.17, 15) is 14.9 Å². The maximum Gasteiger partial charge on any atom is 0.255 e. The molecular weight excluding hydrogens is 484 g/mol.